The van der Waals surface area contributed by atoms with Crippen LogP contribution in [0.3, 0.4) is 0 Å². The molecule has 1 aliphatic heterocycles. The molecule has 41 heavy (non-hydrogen) atoms. The third-order valence-corrected chi connectivity index (χ3v) is 13.2. The molecule has 0 saturated carbocycles. The van der Waals surface area contributed by atoms with Crippen LogP contribution in [0.15, 0.2) is 161 Å². The van der Waals surface area contributed by atoms with Crippen LogP contribution in [0, 0.1) is 0 Å². The fourth-order valence-corrected chi connectivity index (χ4v) is 11.3. The molecule has 0 aromatic heterocycles. The van der Waals surface area contributed by atoms with Crippen molar-refractivity contribution < 1.29 is 0 Å². The molecule has 198 valence electrons. The predicted octanol–water partition coefficient (Wildman–Crippen LogP) is 9.78. The van der Waals surface area contributed by atoms with E-state index in [1.54, 1.807) is 5.19 Å². The van der Waals surface area contributed by atoms with Crippen LogP contribution in [0.2, 0.25) is 13.1 Å². The molecule has 0 aliphatic carbocycles. The Morgan fingerprint density at radius 3 is 1.54 bits per heavy atom. The Bertz CT molecular complexity index is 1810. The van der Waals surface area contributed by atoms with Crippen LogP contribution in [0.25, 0.3) is 22.3 Å². The van der Waals surface area contributed by atoms with E-state index >= 15 is 0 Å². The summed E-state index contributed by atoms with van der Waals surface area (Å²) in [5.41, 5.74) is 8.41. The van der Waals surface area contributed by atoms with Gasteiger partial charge in [0.15, 0.2) is 0 Å². The minimum absolute atomic E-state index is 1.14. The van der Waals surface area contributed by atoms with E-state index in [0.29, 0.717) is 0 Å². The van der Waals surface area contributed by atoms with Crippen molar-refractivity contribution in [2.45, 2.75) is 22.9 Å². The molecule has 3 heteroatoms. The van der Waals surface area contributed by atoms with Gasteiger partial charge in [0.25, 0.3) is 0 Å². The molecule has 1 nitrogen and oxygen atoms in total. The quantitative estimate of drug-likeness (QED) is 0.193. The molecular formula is C38H31NSSi. The Kier molecular flexibility index (Phi) is 6.62. The highest BCUT2D eigenvalue weighted by molar-refractivity contribution is 8.00. The molecule has 0 unspecified atom stereocenters. The van der Waals surface area contributed by atoms with Crippen molar-refractivity contribution in [1.29, 1.82) is 0 Å². The Labute approximate surface area is 248 Å². The first-order valence-corrected chi connectivity index (χ1v) is 17.9. The van der Waals surface area contributed by atoms with Crippen molar-refractivity contribution in [3.05, 3.63) is 152 Å². The second kappa shape index (κ2) is 10.6. The highest BCUT2D eigenvalue weighted by Gasteiger charge is 2.35. The SMILES string of the molecule is C[Si]1(C)c2ccccc2Sc2ccc(-c3ccc(N(c4ccccc4)c4ccc(-c5ccccc5)cc4)cc3)cc21. The van der Waals surface area contributed by atoms with Crippen molar-refractivity contribution in [1.82, 2.24) is 0 Å². The Hall–Kier alpha value is -4.31. The average molecular weight is 562 g/mol. The van der Waals surface area contributed by atoms with Crippen LogP contribution in [-0.4, -0.2) is 8.07 Å². The van der Waals surface area contributed by atoms with Gasteiger partial charge in [0.1, 0.15) is 8.07 Å². The van der Waals surface area contributed by atoms with Crippen LogP contribution in [0.1, 0.15) is 0 Å². The maximum Gasteiger partial charge on any atom is 0.115 e. The molecule has 0 fully saturated rings. The molecule has 0 saturated heterocycles. The lowest BCUT2D eigenvalue weighted by molar-refractivity contribution is 1.28. The van der Waals surface area contributed by atoms with E-state index in [2.05, 4.69) is 170 Å². The summed E-state index contributed by atoms with van der Waals surface area (Å²) in [7, 11) is -1.77. The molecule has 0 amide bonds. The van der Waals surface area contributed by atoms with E-state index in [1.807, 2.05) is 11.8 Å². The van der Waals surface area contributed by atoms with E-state index in [4.69, 9.17) is 0 Å². The van der Waals surface area contributed by atoms with Gasteiger partial charge in [-0.15, -0.1) is 0 Å². The van der Waals surface area contributed by atoms with Gasteiger partial charge in [0.05, 0.1) is 0 Å². The third-order valence-electron chi connectivity index (χ3n) is 8.14. The Morgan fingerprint density at radius 1 is 0.415 bits per heavy atom. The van der Waals surface area contributed by atoms with Gasteiger partial charge in [-0.2, -0.15) is 0 Å². The number of hydrogen-bond acceptors (Lipinski definition) is 2. The largest absolute Gasteiger partial charge is 0.311 e. The molecule has 0 atom stereocenters. The van der Waals surface area contributed by atoms with Gasteiger partial charge in [-0.05, 0) is 81.2 Å². The zero-order valence-corrected chi connectivity index (χ0v) is 25.1. The summed E-state index contributed by atoms with van der Waals surface area (Å²) in [6, 6.07) is 55.1. The standard InChI is InChI=1S/C38H31NSSi/c1-41(2)37-16-10-9-15-35(37)40-36-26-21-31(27-38(36)41)30-19-24-34(25-20-30)39(32-13-7-4-8-14-32)33-22-17-29(18-23-33)28-11-5-3-6-12-28/h3-27H,1-2H3. The van der Waals surface area contributed by atoms with E-state index in [9.17, 15) is 0 Å². The van der Waals surface area contributed by atoms with Gasteiger partial charge in [0.2, 0.25) is 0 Å². The number of fused-ring (bicyclic) bond motifs is 2. The lowest BCUT2D eigenvalue weighted by atomic mass is 10.0. The van der Waals surface area contributed by atoms with Crippen LogP contribution in [0.5, 0.6) is 0 Å². The molecule has 0 radical (unpaired) electrons. The molecule has 6 aromatic carbocycles. The van der Waals surface area contributed by atoms with Crippen molar-refractivity contribution in [2.75, 3.05) is 4.90 Å². The highest BCUT2D eigenvalue weighted by Crippen LogP contribution is 2.38. The number of rotatable bonds is 5. The van der Waals surface area contributed by atoms with Crippen molar-refractivity contribution >= 4 is 47.3 Å². The monoisotopic (exact) mass is 561 g/mol. The Morgan fingerprint density at radius 2 is 0.878 bits per heavy atom. The zero-order valence-electron chi connectivity index (χ0n) is 23.3. The number of para-hydroxylation sites is 1. The lowest BCUT2D eigenvalue weighted by Crippen LogP contribution is -2.56. The van der Waals surface area contributed by atoms with Crippen LogP contribution >= 0.6 is 11.8 Å². The van der Waals surface area contributed by atoms with E-state index in [1.165, 1.54) is 37.2 Å². The first-order chi connectivity index (χ1) is 20.1. The molecule has 6 aromatic rings. The summed E-state index contributed by atoms with van der Waals surface area (Å²) < 4.78 is 0. The van der Waals surface area contributed by atoms with E-state index in [-0.39, 0.29) is 0 Å². The van der Waals surface area contributed by atoms with Gasteiger partial charge in [-0.3, -0.25) is 0 Å². The van der Waals surface area contributed by atoms with Crippen LogP contribution in [0.4, 0.5) is 17.1 Å². The third kappa shape index (κ3) is 4.82. The maximum atomic E-state index is 2.48. The van der Waals surface area contributed by atoms with Gasteiger partial charge in [0, 0.05) is 26.9 Å². The van der Waals surface area contributed by atoms with Crippen molar-refractivity contribution in [3.63, 3.8) is 0 Å². The predicted molar refractivity (Wildman–Crippen MR) is 179 cm³/mol. The number of anilines is 3. The normalized spacial score (nSPS) is 13.2. The smallest absolute Gasteiger partial charge is 0.115 e. The number of benzene rings is 6. The van der Waals surface area contributed by atoms with Crippen LogP contribution in [-0.2, 0) is 0 Å². The summed E-state index contributed by atoms with van der Waals surface area (Å²) in [5, 5.41) is 3.08. The molecular weight excluding hydrogens is 531 g/mol. The van der Waals surface area contributed by atoms with E-state index in [0.717, 1.165) is 17.1 Å². The fraction of sp³-hybridized carbons (Fsp3) is 0.0526. The molecule has 0 spiro atoms. The minimum Gasteiger partial charge on any atom is -0.311 e. The topological polar surface area (TPSA) is 3.24 Å². The first kappa shape index (κ1) is 25.6. The lowest BCUT2D eigenvalue weighted by Gasteiger charge is -2.33. The minimum atomic E-state index is -1.77. The van der Waals surface area contributed by atoms with Gasteiger partial charge >= 0.3 is 0 Å². The van der Waals surface area contributed by atoms with E-state index < -0.39 is 8.07 Å². The summed E-state index contributed by atoms with van der Waals surface area (Å²) in [4.78, 5) is 5.16. The molecule has 1 aliphatic rings. The zero-order chi connectivity index (χ0) is 27.8. The van der Waals surface area contributed by atoms with Crippen molar-refractivity contribution in [2.24, 2.45) is 0 Å². The second-order valence-corrected chi connectivity index (χ2v) is 16.5. The van der Waals surface area contributed by atoms with Gasteiger partial charge in [-0.25, -0.2) is 0 Å². The summed E-state index contributed by atoms with van der Waals surface area (Å²) in [6.45, 7) is 4.97. The summed E-state index contributed by atoms with van der Waals surface area (Å²) in [5.74, 6) is 0. The average Bonchev–Trinajstić information content (AvgIpc) is 3.03. The summed E-state index contributed by atoms with van der Waals surface area (Å²) in [6.07, 6.45) is 0. The van der Waals surface area contributed by atoms with Crippen LogP contribution < -0.4 is 15.3 Å². The molecule has 7 rings (SSSR count). The van der Waals surface area contributed by atoms with Gasteiger partial charge in [-0.1, -0.05) is 128 Å². The number of hydrogen-bond donors (Lipinski definition) is 0. The molecule has 0 N–H and O–H groups in total. The van der Waals surface area contributed by atoms with Gasteiger partial charge < -0.3 is 4.90 Å². The van der Waals surface area contributed by atoms with Crippen molar-refractivity contribution in [3.8, 4) is 22.3 Å². The highest BCUT2D eigenvalue weighted by atomic mass is 32.2. The first-order valence-electron chi connectivity index (χ1n) is 14.1. The Balaban J connectivity index is 1.23. The fourth-order valence-electron chi connectivity index (χ4n) is 5.88. The number of nitrogens with zero attached hydrogens (tertiary/aromatic N) is 1. The molecule has 1 heterocycles. The molecule has 0 bridgehead atoms. The maximum absolute atomic E-state index is 2.48. The second-order valence-electron chi connectivity index (χ2n) is 11.1. The summed E-state index contributed by atoms with van der Waals surface area (Å²) >= 11 is 1.92.